The zero-order valence-corrected chi connectivity index (χ0v) is 24.1. The van der Waals surface area contributed by atoms with Gasteiger partial charge in [-0.15, -0.1) is 0 Å². The molecule has 0 saturated carbocycles. The second-order valence-corrected chi connectivity index (χ2v) is 11.4. The Kier molecular flexibility index (Phi) is 8.53. The number of carbonyl (C=O) groups excluding carboxylic acids is 2. The SMILES string of the molecule is Cc1coc([C@H]2CCCN2C(=O)c2cc(C(=O)N[C@@H](Cc3cc(F)cc(F)c3)[C@@H](O)[C@H]3CCCN3)cc(-c3ncco3)c2)n1. The van der Waals surface area contributed by atoms with Crippen molar-refractivity contribution in [2.75, 3.05) is 13.1 Å². The number of hydrogen-bond donors (Lipinski definition) is 3. The van der Waals surface area contributed by atoms with E-state index in [4.69, 9.17) is 8.83 Å². The van der Waals surface area contributed by atoms with Crippen LogP contribution in [-0.4, -0.2) is 63.1 Å². The molecule has 2 aromatic heterocycles. The van der Waals surface area contributed by atoms with Gasteiger partial charge >= 0.3 is 0 Å². The largest absolute Gasteiger partial charge is 0.446 e. The number of oxazole rings is 2. The van der Waals surface area contributed by atoms with Gasteiger partial charge in [0.1, 0.15) is 30.2 Å². The van der Waals surface area contributed by atoms with Crippen LogP contribution in [0, 0.1) is 18.6 Å². The molecule has 2 saturated heterocycles. The topological polar surface area (TPSA) is 134 Å². The Morgan fingerprint density at radius 1 is 1.09 bits per heavy atom. The molecule has 0 unspecified atom stereocenters. The zero-order chi connectivity index (χ0) is 30.8. The van der Waals surface area contributed by atoms with Crippen molar-refractivity contribution in [1.29, 1.82) is 0 Å². The van der Waals surface area contributed by atoms with Gasteiger partial charge in [0.25, 0.3) is 11.8 Å². The van der Waals surface area contributed by atoms with Gasteiger partial charge in [0.05, 0.1) is 24.0 Å². The highest BCUT2D eigenvalue weighted by atomic mass is 19.1. The minimum Gasteiger partial charge on any atom is -0.446 e. The molecule has 0 aliphatic carbocycles. The first-order chi connectivity index (χ1) is 21.2. The van der Waals surface area contributed by atoms with Gasteiger partial charge < -0.3 is 29.5 Å². The van der Waals surface area contributed by atoms with Crippen LogP contribution in [0.2, 0.25) is 0 Å². The van der Waals surface area contributed by atoms with Crippen LogP contribution < -0.4 is 10.6 Å². The Bertz CT molecular complexity index is 1620. The molecule has 230 valence electrons. The number of aromatic nitrogens is 2. The van der Waals surface area contributed by atoms with Crippen molar-refractivity contribution < 1.29 is 32.3 Å². The smallest absolute Gasteiger partial charge is 0.254 e. The highest BCUT2D eigenvalue weighted by molar-refractivity contribution is 6.01. The summed E-state index contributed by atoms with van der Waals surface area (Å²) in [6.07, 6.45) is 6.33. The molecule has 4 heterocycles. The molecule has 10 nitrogen and oxygen atoms in total. The highest BCUT2D eigenvalue weighted by Gasteiger charge is 2.35. The van der Waals surface area contributed by atoms with E-state index >= 15 is 0 Å². The summed E-state index contributed by atoms with van der Waals surface area (Å²) in [7, 11) is 0. The normalized spacial score (nSPS) is 19.7. The standard InChI is InChI=1S/C32H33F2N5O5/c1-18-17-44-31(37-18)27-5-3-8-39(27)32(42)22-14-20(13-21(15-22)30-36-7-9-43-30)29(41)38-26(28(40)25-4-2-6-35-25)12-19-10-23(33)16-24(34)11-19/h7,9-11,13-17,25-28,35,40H,2-6,8,12H2,1H3,(H,38,41)/t25-,26+,27-,28+/m1/s1. The zero-order valence-electron chi connectivity index (χ0n) is 24.1. The van der Waals surface area contributed by atoms with Gasteiger partial charge in [-0.2, -0.15) is 0 Å². The average molecular weight is 606 g/mol. The third-order valence-corrected chi connectivity index (χ3v) is 8.17. The number of aliphatic hydroxyl groups excluding tert-OH is 1. The maximum absolute atomic E-state index is 14.0. The van der Waals surface area contributed by atoms with Crippen LogP contribution in [0.4, 0.5) is 8.78 Å². The number of rotatable bonds is 9. The van der Waals surface area contributed by atoms with E-state index in [1.54, 1.807) is 23.3 Å². The number of nitrogens with one attached hydrogen (secondary N) is 2. The minimum absolute atomic E-state index is 0.0179. The quantitative estimate of drug-likeness (QED) is 0.257. The van der Waals surface area contributed by atoms with Gasteiger partial charge in [-0.3, -0.25) is 9.59 Å². The Labute approximate surface area is 252 Å². The van der Waals surface area contributed by atoms with Crippen molar-refractivity contribution in [3.8, 4) is 11.5 Å². The number of hydrogen-bond acceptors (Lipinski definition) is 8. The van der Waals surface area contributed by atoms with E-state index in [0.717, 1.165) is 24.6 Å². The van der Waals surface area contributed by atoms with Gasteiger partial charge in [-0.1, -0.05) is 0 Å². The van der Waals surface area contributed by atoms with E-state index in [9.17, 15) is 23.5 Å². The fraction of sp³-hybridized carbons (Fsp3) is 0.375. The second kappa shape index (κ2) is 12.7. The molecule has 4 aromatic rings. The molecular formula is C32H33F2N5O5. The number of carbonyl (C=O) groups is 2. The first-order valence-corrected chi connectivity index (χ1v) is 14.7. The van der Waals surface area contributed by atoms with Crippen LogP contribution in [-0.2, 0) is 6.42 Å². The Morgan fingerprint density at radius 3 is 2.57 bits per heavy atom. The van der Waals surface area contributed by atoms with Crippen molar-refractivity contribution in [1.82, 2.24) is 25.5 Å². The van der Waals surface area contributed by atoms with Gasteiger partial charge in [0.2, 0.25) is 11.8 Å². The molecule has 0 bridgehead atoms. The van der Waals surface area contributed by atoms with E-state index in [1.165, 1.54) is 30.7 Å². The fourth-order valence-electron chi connectivity index (χ4n) is 6.10. The number of halogens is 2. The lowest BCUT2D eigenvalue weighted by Crippen LogP contribution is -2.52. The van der Waals surface area contributed by atoms with Gasteiger partial charge in [0, 0.05) is 35.3 Å². The number of aryl methyl sites for hydroxylation is 1. The molecule has 3 N–H and O–H groups in total. The first-order valence-electron chi connectivity index (χ1n) is 14.7. The van der Waals surface area contributed by atoms with Crippen molar-refractivity contribution in [3.05, 3.63) is 95.0 Å². The third-order valence-electron chi connectivity index (χ3n) is 8.17. The molecule has 4 atom stereocenters. The summed E-state index contributed by atoms with van der Waals surface area (Å²) in [6, 6.07) is 6.25. The van der Waals surface area contributed by atoms with Crippen LogP contribution in [0.5, 0.6) is 0 Å². The van der Waals surface area contributed by atoms with Crippen LogP contribution in [0.1, 0.15) is 69.6 Å². The maximum Gasteiger partial charge on any atom is 0.254 e. The van der Waals surface area contributed by atoms with Crippen molar-refractivity contribution in [2.24, 2.45) is 0 Å². The molecule has 2 aliphatic rings. The minimum atomic E-state index is -1.04. The number of benzene rings is 2. The van der Waals surface area contributed by atoms with E-state index in [1.807, 2.05) is 6.92 Å². The molecule has 12 heteroatoms. The number of nitrogens with zero attached hydrogens (tertiary/aromatic N) is 3. The third kappa shape index (κ3) is 6.41. The van der Waals surface area contributed by atoms with Gasteiger partial charge in [0.15, 0.2) is 0 Å². The summed E-state index contributed by atoms with van der Waals surface area (Å²) < 4.78 is 39.1. The van der Waals surface area contributed by atoms with Crippen LogP contribution >= 0.6 is 0 Å². The number of amides is 2. The molecule has 0 spiro atoms. The molecule has 2 amide bonds. The van der Waals surface area contributed by atoms with Gasteiger partial charge in [-0.25, -0.2) is 18.7 Å². The molecule has 2 aliphatic heterocycles. The predicted molar refractivity (Wildman–Crippen MR) is 155 cm³/mol. The summed E-state index contributed by atoms with van der Waals surface area (Å²) in [5.41, 5.74) is 1.79. The summed E-state index contributed by atoms with van der Waals surface area (Å²) in [5, 5.41) is 17.4. The average Bonchev–Trinajstić information content (AvgIpc) is 3.83. The van der Waals surface area contributed by atoms with E-state index in [-0.39, 0.29) is 47.0 Å². The molecular weight excluding hydrogens is 572 g/mol. The van der Waals surface area contributed by atoms with Gasteiger partial charge in [-0.05, 0) is 81.5 Å². The summed E-state index contributed by atoms with van der Waals surface area (Å²) >= 11 is 0. The monoisotopic (exact) mass is 605 g/mol. The van der Waals surface area contributed by atoms with E-state index < -0.39 is 29.7 Å². The lowest BCUT2D eigenvalue weighted by atomic mass is 9.94. The summed E-state index contributed by atoms with van der Waals surface area (Å²) in [5.74, 6) is -1.71. The second-order valence-electron chi connectivity index (χ2n) is 11.4. The molecule has 44 heavy (non-hydrogen) atoms. The fourth-order valence-corrected chi connectivity index (χ4v) is 6.10. The van der Waals surface area contributed by atoms with Crippen LogP contribution in [0.15, 0.2) is 64.0 Å². The van der Waals surface area contributed by atoms with Crippen LogP contribution in [0.3, 0.4) is 0 Å². The summed E-state index contributed by atoms with van der Waals surface area (Å²) in [4.78, 5) is 38.0. The Hall–Kier alpha value is -4.42. The lowest BCUT2D eigenvalue weighted by molar-refractivity contribution is 0.0715. The van der Waals surface area contributed by atoms with Crippen LogP contribution in [0.25, 0.3) is 11.5 Å². The lowest BCUT2D eigenvalue weighted by Gasteiger charge is -2.29. The maximum atomic E-state index is 14.0. The molecule has 2 fully saturated rings. The predicted octanol–water partition coefficient (Wildman–Crippen LogP) is 4.35. The van der Waals surface area contributed by atoms with E-state index in [2.05, 4.69) is 20.6 Å². The Morgan fingerprint density at radius 2 is 1.89 bits per heavy atom. The molecule has 0 radical (unpaired) electrons. The Balaban J connectivity index is 1.31. The van der Waals surface area contributed by atoms with Crippen molar-refractivity contribution in [3.63, 3.8) is 0 Å². The highest BCUT2D eigenvalue weighted by Crippen LogP contribution is 2.33. The first kappa shape index (κ1) is 29.6. The molecule has 2 aromatic carbocycles. The summed E-state index contributed by atoms with van der Waals surface area (Å²) in [6.45, 7) is 3.02. The number of likely N-dealkylation sites (tertiary alicyclic amines) is 1. The molecule has 6 rings (SSSR count). The number of aliphatic hydroxyl groups is 1. The van der Waals surface area contributed by atoms with E-state index in [0.29, 0.717) is 37.4 Å². The van der Waals surface area contributed by atoms with Crippen molar-refractivity contribution in [2.45, 2.75) is 63.3 Å². The van der Waals surface area contributed by atoms with Crippen molar-refractivity contribution >= 4 is 11.8 Å².